The van der Waals surface area contributed by atoms with E-state index < -0.39 is 5.97 Å². The Labute approximate surface area is 140 Å². The highest BCUT2D eigenvalue weighted by atomic mass is 19.1. The van der Waals surface area contributed by atoms with Gasteiger partial charge in [-0.1, -0.05) is 0 Å². The van der Waals surface area contributed by atoms with Gasteiger partial charge in [0, 0.05) is 35.5 Å². The van der Waals surface area contributed by atoms with Gasteiger partial charge in [0.1, 0.15) is 11.6 Å². The largest absolute Gasteiger partial charge is 0.465 e. The Hall–Kier alpha value is -2.17. The standard InChI is InChI=1S/C19H22FNO3/c1-11(13-4-7-15(22)8-5-13)21-12(2)18(19(23)24-3)16-10-14(20)6-9-17(16)21/h6,9-11,13H,4-5,7-8H2,1-3H3/t11-/m1/s1. The number of hydrogen-bond acceptors (Lipinski definition) is 3. The minimum atomic E-state index is -0.451. The summed E-state index contributed by atoms with van der Waals surface area (Å²) >= 11 is 0. The number of carbonyl (C=O) groups is 2. The van der Waals surface area contributed by atoms with Gasteiger partial charge in [0.15, 0.2) is 0 Å². The van der Waals surface area contributed by atoms with Crippen LogP contribution >= 0.6 is 0 Å². The van der Waals surface area contributed by atoms with E-state index in [1.54, 1.807) is 6.07 Å². The van der Waals surface area contributed by atoms with Gasteiger partial charge in [0.2, 0.25) is 0 Å². The highest BCUT2D eigenvalue weighted by Crippen LogP contribution is 2.37. The van der Waals surface area contributed by atoms with Gasteiger partial charge in [-0.2, -0.15) is 0 Å². The molecule has 5 heteroatoms. The fraction of sp³-hybridized carbons (Fsp3) is 0.474. The number of hydrogen-bond donors (Lipinski definition) is 0. The van der Waals surface area contributed by atoms with Gasteiger partial charge in [-0.25, -0.2) is 9.18 Å². The summed E-state index contributed by atoms with van der Waals surface area (Å²) in [6.07, 6.45) is 2.94. The van der Waals surface area contributed by atoms with Gasteiger partial charge in [0.05, 0.1) is 12.7 Å². The summed E-state index contributed by atoms with van der Waals surface area (Å²) in [6, 6.07) is 4.65. The van der Waals surface area contributed by atoms with E-state index in [1.807, 2.05) is 6.92 Å². The monoisotopic (exact) mass is 331 g/mol. The van der Waals surface area contributed by atoms with Crippen LogP contribution < -0.4 is 0 Å². The third-order valence-electron chi connectivity index (χ3n) is 5.28. The number of carbonyl (C=O) groups excluding carboxylic acids is 2. The molecule has 128 valence electrons. The van der Waals surface area contributed by atoms with Crippen LogP contribution in [0, 0.1) is 18.7 Å². The molecule has 1 atom stereocenters. The Bertz CT molecular complexity index is 799. The molecule has 0 aliphatic heterocycles. The van der Waals surface area contributed by atoms with Gasteiger partial charge >= 0.3 is 5.97 Å². The Kier molecular flexibility index (Phi) is 4.43. The number of fused-ring (bicyclic) bond motifs is 1. The van der Waals surface area contributed by atoms with E-state index in [4.69, 9.17) is 4.74 Å². The topological polar surface area (TPSA) is 48.3 Å². The molecule has 1 saturated carbocycles. The zero-order valence-corrected chi connectivity index (χ0v) is 14.3. The maximum atomic E-state index is 13.7. The minimum absolute atomic E-state index is 0.129. The summed E-state index contributed by atoms with van der Waals surface area (Å²) in [6.45, 7) is 3.98. The number of esters is 1. The quantitative estimate of drug-likeness (QED) is 0.792. The first-order chi connectivity index (χ1) is 11.4. The number of rotatable bonds is 3. The van der Waals surface area contributed by atoms with Crippen molar-refractivity contribution >= 4 is 22.7 Å². The van der Waals surface area contributed by atoms with E-state index >= 15 is 0 Å². The molecule has 1 fully saturated rings. The summed E-state index contributed by atoms with van der Waals surface area (Å²) in [7, 11) is 1.33. The molecule has 24 heavy (non-hydrogen) atoms. The smallest absolute Gasteiger partial charge is 0.340 e. The van der Waals surface area contributed by atoms with Crippen LogP contribution in [-0.4, -0.2) is 23.4 Å². The first-order valence-corrected chi connectivity index (χ1v) is 8.34. The first-order valence-electron chi connectivity index (χ1n) is 8.34. The fourth-order valence-electron chi connectivity index (χ4n) is 3.95. The highest BCUT2D eigenvalue weighted by molar-refractivity contribution is 6.06. The third kappa shape index (κ3) is 2.72. The van der Waals surface area contributed by atoms with Crippen molar-refractivity contribution in [3.8, 4) is 0 Å². The number of methoxy groups -OCH3 is 1. The lowest BCUT2D eigenvalue weighted by molar-refractivity contribution is -0.121. The molecule has 1 aliphatic carbocycles. The number of ether oxygens (including phenoxy) is 1. The van der Waals surface area contributed by atoms with Gasteiger partial charge in [-0.3, -0.25) is 4.79 Å². The lowest BCUT2D eigenvalue weighted by atomic mass is 9.83. The van der Waals surface area contributed by atoms with Crippen LogP contribution in [0.5, 0.6) is 0 Å². The highest BCUT2D eigenvalue weighted by Gasteiger charge is 2.29. The predicted molar refractivity (Wildman–Crippen MR) is 89.6 cm³/mol. The van der Waals surface area contributed by atoms with Crippen LogP contribution in [-0.2, 0) is 9.53 Å². The van der Waals surface area contributed by atoms with E-state index in [1.165, 1.54) is 19.2 Å². The average Bonchev–Trinajstić information content (AvgIpc) is 2.85. The molecule has 0 spiro atoms. The predicted octanol–water partition coefficient (Wildman–Crippen LogP) is 4.20. The van der Waals surface area contributed by atoms with Crippen molar-refractivity contribution in [1.29, 1.82) is 0 Å². The van der Waals surface area contributed by atoms with Crippen LogP contribution in [0.1, 0.15) is 54.7 Å². The van der Waals surface area contributed by atoms with Gasteiger partial charge in [-0.15, -0.1) is 0 Å². The van der Waals surface area contributed by atoms with E-state index in [2.05, 4.69) is 11.5 Å². The summed E-state index contributed by atoms with van der Waals surface area (Å²) in [5.41, 5.74) is 2.04. The number of benzene rings is 1. The maximum absolute atomic E-state index is 13.7. The van der Waals surface area contributed by atoms with Crippen LogP contribution in [0.3, 0.4) is 0 Å². The second-order valence-corrected chi connectivity index (χ2v) is 6.60. The van der Waals surface area contributed by atoms with E-state index in [9.17, 15) is 14.0 Å². The minimum Gasteiger partial charge on any atom is -0.465 e. The molecule has 0 saturated heterocycles. The second-order valence-electron chi connectivity index (χ2n) is 6.60. The second kappa shape index (κ2) is 6.38. The maximum Gasteiger partial charge on any atom is 0.340 e. The van der Waals surface area contributed by atoms with Crippen molar-refractivity contribution < 1.29 is 18.7 Å². The molecular formula is C19H22FNO3. The van der Waals surface area contributed by atoms with Crippen molar-refractivity contribution in [2.45, 2.75) is 45.6 Å². The molecule has 1 aromatic heterocycles. The Morgan fingerprint density at radius 3 is 2.62 bits per heavy atom. The molecule has 1 aromatic carbocycles. The summed E-state index contributed by atoms with van der Waals surface area (Å²) < 4.78 is 20.7. The van der Waals surface area contributed by atoms with E-state index in [0.717, 1.165) is 24.1 Å². The van der Waals surface area contributed by atoms with Crippen LogP contribution in [0.25, 0.3) is 10.9 Å². The molecule has 1 aliphatic rings. The Balaban J connectivity index is 2.12. The summed E-state index contributed by atoms with van der Waals surface area (Å²) in [4.78, 5) is 23.7. The summed E-state index contributed by atoms with van der Waals surface area (Å²) in [5, 5.41) is 0.582. The lowest BCUT2D eigenvalue weighted by Gasteiger charge is -2.30. The molecule has 4 nitrogen and oxygen atoms in total. The summed E-state index contributed by atoms with van der Waals surface area (Å²) in [5.74, 6) is -0.133. The molecule has 1 heterocycles. The SMILES string of the molecule is COC(=O)c1c(C)n([C@H](C)C2CCC(=O)CC2)c2ccc(F)cc12. The molecular weight excluding hydrogens is 309 g/mol. The number of halogens is 1. The molecule has 3 rings (SSSR count). The normalized spacial score (nSPS) is 17.2. The van der Waals surface area contributed by atoms with Gasteiger partial charge in [0.25, 0.3) is 0 Å². The van der Waals surface area contributed by atoms with Crippen molar-refractivity contribution in [3.05, 3.63) is 35.3 Å². The Morgan fingerprint density at radius 1 is 1.33 bits per heavy atom. The van der Waals surface area contributed by atoms with E-state index in [0.29, 0.717) is 35.5 Å². The number of Topliss-reactive ketones (excluding diaryl/α,β-unsaturated/α-hetero) is 1. The number of nitrogens with zero attached hydrogens (tertiary/aromatic N) is 1. The van der Waals surface area contributed by atoms with Crippen molar-refractivity contribution in [1.82, 2.24) is 4.57 Å². The van der Waals surface area contributed by atoms with Crippen molar-refractivity contribution in [2.75, 3.05) is 7.11 Å². The first kappa shape index (κ1) is 16.7. The van der Waals surface area contributed by atoms with Crippen molar-refractivity contribution in [2.24, 2.45) is 5.92 Å². The van der Waals surface area contributed by atoms with Crippen molar-refractivity contribution in [3.63, 3.8) is 0 Å². The van der Waals surface area contributed by atoms with Gasteiger partial charge in [-0.05, 0) is 50.8 Å². The zero-order valence-electron chi connectivity index (χ0n) is 14.3. The average molecular weight is 331 g/mol. The molecule has 0 N–H and O–H groups in total. The molecule has 0 unspecified atom stereocenters. The molecule has 0 radical (unpaired) electrons. The molecule has 0 amide bonds. The van der Waals surface area contributed by atoms with Crippen LogP contribution in [0.2, 0.25) is 0 Å². The zero-order chi connectivity index (χ0) is 17.4. The van der Waals surface area contributed by atoms with E-state index in [-0.39, 0.29) is 11.9 Å². The third-order valence-corrected chi connectivity index (χ3v) is 5.28. The molecule has 0 bridgehead atoms. The lowest BCUT2D eigenvalue weighted by Crippen LogP contribution is -2.23. The number of ketones is 1. The fourth-order valence-corrected chi connectivity index (χ4v) is 3.95. The van der Waals surface area contributed by atoms with Gasteiger partial charge < -0.3 is 9.30 Å². The number of aromatic nitrogens is 1. The molecule has 2 aromatic rings. The van der Waals surface area contributed by atoms with Crippen LogP contribution in [0.4, 0.5) is 4.39 Å². The van der Waals surface area contributed by atoms with Crippen LogP contribution in [0.15, 0.2) is 18.2 Å². The Morgan fingerprint density at radius 2 is 2.00 bits per heavy atom.